The standard InChI is InChI=1S/C30H27ClN2O6/c1-12-26(36)23(14(3)34)28-24(27(12)37)30(4)21(39-28)11-20(35)22(29(30)38)13(2)32-19-7-5-6-16-17-10-15(31)8-9-18(17)33-25(16)19/h8-11,19,32-33,36-37H,5-7H2,1-4H3/b22-13+/t19?,30-/m1/s1. The molecule has 2 atom stereocenters. The third-order valence-electron chi connectivity index (χ3n) is 8.32. The Labute approximate surface area is 229 Å². The minimum atomic E-state index is -1.55. The Morgan fingerprint density at radius 2 is 1.95 bits per heavy atom. The fraction of sp³-hybridized carbons (Fsp3) is 0.300. The molecule has 3 aromatic rings. The number of rotatable bonds is 3. The van der Waals surface area contributed by atoms with Crippen LogP contribution in [0.2, 0.25) is 5.02 Å². The molecule has 1 aromatic heterocycles. The number of hydrogen-bond acceptors (Lipinski definition) is 7. The zero-order valence-corrected chi connectivity index (χ0v) is 22.7. The Bertz CT molecular complexity index is 1730. The minimum absolute atomic E-state index is 0.0132. The van der Waals surface area contributed by atoms with Crippen LogP contribution in [0.25, 0.3) is 10.9 Å². The summed E-state index contributed by atoms with van der Waals surface area (Å²) in [7, 11) is 0. The third-order valence-corrected chi connectivity index (χ3v) is 8.55. The number of carbonyl (C=O) groups is 3. The van der Waals surface area contributed by atoms with Gasteiger partial charge in [-0.25, -0.2) is 0 Å². The summed E-state index contributed by atoms with van der Waals surface area (Å²) in [6.45, 7) is 5.98. The molecule has 2 aromatic carbocycles. The second-order valence-electron chi connectivity index (χ2n) is 10.7. The predicted octanol–water partition coefficient (Wildman–Crippen LogP) is 5.37. The summed E-state index contributed by atoms with van der Waals surface area (Å²) >= 11 is 6.24. The number of benzene rings is 2. The lowest BCUT2D eigenvalue weighted by Gasteiger charge is -2.30. The van der Waals surface area contributed by atoms with Gasteiger partial charge in [-0.15, -0.1) is 0 Å². The number of nitrogens with one attached hydrogen (secondary N) is 2. The van der Waals surface area contributed by atoms with E-state index in [4.69, 9.17) is 16.3 Å². The summed E-state index contributed by atoms with van der Waals surface area (Å²) < 4.78 is 5.85. The molecule has 4 N–H and O–H groups in total. The number of aryl methyl sites for hydroxylation is 1. The number of H-pyrrole nitrogens is 1. The molecule has 0 fully saturated rings. The normalized spacial score (nSPS) is 23.1. The lowest BCUT2D eigenvalue weighted by molar-refractivity contribution is -0.123. The maximum absolute atomic E-state index is 14.1. The van der Waals surface area contributed by atoms with Gasteiger partial charge in [0.25, 0.3) is 0 Å². The van der Waals surface area contributed by atoms with E-state index in [9.17, 15) is 24.6 Å². The Morgan fingerprint density at radius 1 is 1.21 bits per heavy atom. The van der Waals surface area contributed by atoms with Crippen LogP contribution in [0.5, 0.6) is 17.2 Å². The molecule has 1 unspecified atom stereocenters. The minimum Gasteiger partial charge on any atom is -0.507 e. The molecule has 0 spiro atoms. The topological polar surface area (TPSA) is 129 Å². The van der Waals surface area contributed by atoms with Crippen LogP contribution >= 0.6 is 11.6 Å². The molecule has 0 amide bonds. The second kappa shape index (κ2) is 8.48. The average Bonchev–Trinajstić information content (AvgIpc) is 3.39. The summed E-state index contributed by atoms with van der Waals surface area (Å²) in [6, 6.07) is 5.57. The van der Waals surface area contributed by atoms with Crippen LogP contribution in [0.3, 0.4) is 0 Å². The van der Waals surface area contributed by atoms with Gasteiger partial charge in [-0.3, -0.25) is 14.4 Å². The highest BCUT2D eigenvalue weighted by atomic mass is 35.5. The highest BCUT2D eigenvalue weighted by Gasteiger charge is 2.56. The third kappa shape index (κ3) is 3.40. The molecule has 0 saturated carbocycles. The molecule has 0 bridgehead atoms. The number of phenols is 2. The van der Waals surface area contributed by atoms with Gasteiger partial charge in [-0.05, 0) is 70.7 Å². The predicted molar refractivity (Wildman–Crippen MR) is 145 cm³/mol. The van der Waals surface area contributed by atoms with Gasteiger partial charge < -0.3 is 25.3 Å². The highest BCUT2D eigenvalue weighted by Crippen LogP contribution is 2.57. The smallest absolute Gasteiger partial charge is 0.194 e. The zero-order valence-electron chi connectivity index (χ0n) is 21.9. The van der Waals surface area contributed by atoms with E-state index in [1.54, 1.807) is 13.8 Å². The summed E-state index contributed by atoms with van der Waals surface area (Å²) in [6.07, 6.45) is 3.84. The molecule has 200 valence electrons. The van der Waals surface area contributed by atoms with E-state index in [-0.39, 0.29) is 45.6 Å². The number of halogens is 1. The molecule has 2 aliphatic carbocycles. The van der Waals surface area contributed by atoms with Crippen molar-refractivity contribution in [3.63, 3.8) is 0 Å². The van der Waals surface area contributed by atoms with Gasteiger partial charge in [0.2, 0.25) is 0 Å². The van der Waals surface area contributed by atoms with Crippen molar-refractivity contribution in [2.24, 2.45) is 0 Å². The first-order valence-electron chi connectivity index (χ1n) is 12.8. The summed E-state index contributed by atoms with van der Waals surface area (Å²) in [5, 5.41) is 26.7. The Morgan fingerprint density at radius 3 is 2.67 bits per heavy atom. The number of Topliss-reactive ketones (excluding diaryl/α,β-unsaturated/α-hetero) is 2. The number of phenolic OH excluding ortho intramolecular Hbond substituents is 2. The molecule has 2 heterocycles. The van der Waals surface area contributed by atoms with Gasteiger partial charge >= 0.3 is 0 Å². The van der Waals surface area contributed by atoms with E-state index < -0.39 is 28.5 Å². The van der Waals surface area contributed by atoms with Crippen molar-refractivity contribution in [1.29, 1.82) is 0 Å². The van der Waals surface area contributed by atoms with Crippen molar-refractivity contribution in [2.45, 2.75) is 58.4 Å². The number of carbonyl (C=O) groups excluding carboxylic acids is 3. The van der Waals surface area contributed by atoms with Crippen molar-refractivity contribution in [2.75, 3.05) is 0 Å². The van der Waals surface area contributed by atoms with Crippen LogP contribution in [0, 0.1) is 6.92 Å². The van der Waals surface area contributed by atoms with E-state index in [0.29, 0.717) is 10.7 Å². The molecule has 8 nitrogen and oxygen atoms in total. The average molecular weight is 547 g/mol. The van der Waals surface area contributed by atoms with Crippen molar-refractivity contribution < 1.29 is 29.3 Å². The van der Waals surface area contributed by atoms with Crippen LogP contribution in [0.1, 0.15) is 72.4 Å². The van der Waals surface area contributed by atoms with E-state index in [0.717, 1.165) is 35.9 Å². The summed E-state index contributed by atoms with van der Waals surface area (Å²) in [5.41, 5.74) is 1.96. The molecular weight excluding hydrogens is 520 g/mol. The molecule has 6 rings (SSSR count). The molecule has 0 radical (unpaired) electrons. The number of ketones is 3. The Kier molecular flexibility index (Phi) is 5.49. The number of aromatic hydroxyl groups is 2. The van der Waals surface area contributed by atoms with Gasteiger partial charge in [0.1, 0.15) is 34.0 Å². The van der Waals surface area contributed by atoms with Gasteiger partial charge in [0.15, 0.2) is 17.3 Å². The van der Waals surface area contributed by atoms with Crippen molar-refractivity contribution >= 4 is 39.9 Å². The Hall–Kier alpha value is -4.04. The summed E-state index contributed by atoms with van der Waals surface area (Å²) in [5.74, 6) is -2.42. The zero-order chi connectivity index (χ0) is 28.0. The van der Waals surface area contributed by atoms with Crippen LogP contribution in [0.15, 0.2) is 41.3 Å². The fourth-order valence-electron chi connectivity index (χ4n) is 6.28. The molecule has 9 heteroatoms. The van der Waals surface area contributed by atoms with Crippen LogP contribution in [-0.4, -0.2) is 32.5 Å². The highest BCUT2D eigenvalue weighted by molar-refractivity contribution is 6.32. The first-order valence-corrected chi connectivity index (χ1v) is 13.2. The van der Waals surface area contributed by atoms with Gasteiger partial charge in [0, 0.05) is 39.0 Å². The maximum atomic E-state index is 14.1. The number of ether oxygens (including phenoxy) is 1. The fourth-order valence-corrected chi connectivity index (χ4v) is 6.45. The van der Waals surface area contributed by atoms with E-state index >= 15 is 0 Å². The number of fused-ring (bicyclic) bond motifs is 6. The quantitative estimate of drug-likeness (QED) is 0.197. The number of aromatic amines is 1. The van der Waals surface area contributed by atoms with Crippen molar-refractivity contribution in [1.82, 2.24) is 10.3 Å². The van der Waals surface area contributed by atoms with Crippen LogP contribution in [0.4, 0.5) is 0 Å². The SMILES string of the molecule is CC(=O)c1c(O)c(C)c(O)c2c1OC1=CC(=O)/C(=C(/C)NC3CCCc4c3[nH]c3ccc(Cl)cc43)C(=O)[C@]12C. The van der Waals surface area contributed by atoms with Crippen molar-refractivity contribution in [3.8, 4) is 17.2 Å². The molecule has 0 saturated heterocycles. The van der Waals surface area contributed by atoms with Crippen molar-refractivity contribution in [3.05, 3.63) is 74.3 Å². The second-order valence-corrected chi connectivity index (χ2v) is 11.1. The van der Waals surface area contributed by atoms with E-state index in [1.165, 1.54) is 25.5 Å². The lowest BCUT2D eigenvalue weighted by Crippen LogP contribution is -2.41. The van der Waals surface area contributed by atoms with Crippen LogP contribution < -0.4 is 10.1 Å². The van der Waals surface area contributed by atoms with E-state index in [1.807, 2.05) is 18.2 Å². The molecule has 39 heavy (non-hydrogen) atoms. The summed E-state index contributed by atoms with van der Waals surface area (Å²) in [4.78, 5) is 43.3. The Balaban J connectivity index is 1.45. The number of allylic oxidation sites excluding steroid dienone is 4. The van der Waals surface area contributed by atoms with E-state index in [2.05, 4.69) is 10.3 Å². The first-order chi connectivity index (χ1) is 18.4. The van der Waals surface area contributed by atoms with Gasteiger partial charge in [-0.2, -0.15) is 0 Å². The molecular formula is C30H27ClN2O6. The van der Waals surface area contributed by atoms with Gasteiger partial charge in [-0.1, -0.05) is 11.6 Å². The first kappa shape index (κ1) is 25.2. The number of aromatic nitrogens is 1. The number of hydrogen-bond donors (Lipinski definition) is 4. The maximum Gasteiger partial charge on any atom is 0.194 e. The largest absolute Gasteiger partial charge is 0.507 e. The van der Waals surface area contributed by atoms with Gasteiger partial charge in [0.05, 0.1) is 17.2 Å². The monoisotopic (exact) mass is 546 g/mol. The molecule has 1 aliphatic heterocycles. The lowest BCUT2D eigenvalue weighted by atomic mass is 9.70. The van der Waals surface area contributed by atoms with Crippen LogP contribution in [-0.2, 0) is 21.4 Å². The molecule has 3 aliphatic rings.